The van der Waals surface area contributed by atoms with Gasteiger partial charge in [0.25, 0.3) is 5.91 Å². The molecule has 154 valence electrons. The SMILES string of the molecule is O=C(COc1ccccc1)Nc1cccc(SCC(=O)Nc2ccc(Cl)c(Cl)c2)c1. The molecule has 0 radical (unpaired) electrons. The van der Waals surface area contributed by atoms with Crippen LogP contribution < -0.4 is 15.4 Å². The van der Waals surface area contributed by atoms with E-state index in [4.69, 9.17) is 27.9 Å². The molecule has 0 spiro atoms. The Morgan fingerprint density at radius 2 is 1.53 bits per heavy atom. The lowest BCUT2D eigenvalue weighted by Crippen LogP contribution is -2.20. The lowest BCUT2D eigenvalue weighted by Gasteiger charge is -2.09. The van der Waals surface area contributed by atoms with Crippen molar-refractivity contribution >= 4 is 58.2 Å². The summed E-state index contributed by atoms with van der Waals surface area (Å²) in [5.41, 5.74) is 1.21. The number of halogens is 2. The molecule has 0 unspecified atom stereocenters. The van der Waals surface area contributed by atoms with Gasteiger partial charge in [-0.25, -0.2) is 0 Å². The van der Waals surface area contributed by atoms with Crippen molar-refractivity contribution in [3.8, 4) is 5.75 Å². The molecule has 3 rings (SSSR count). The average Bonchev–Trinajstić information content (AvgIpc) is 2.74. The van der Waals surface area contributed by atoms with Crippen LogP contribution in [0.15, 0.2) is 77.7 Å². The third kappa shape index (κ3) is 6.99. The third-order valence-electron chi connectivity index (χ3n) is 3.80. The van der Waals surface area contributed by atoms with E-state index in [9.17, 15) is 9.59 Å². The maximum atomic E-state index is 12.2. The minimum absolute atomic E-state index is 0.0898. The highest BCUT2D eigenvalue weighted by atomic mass is 35.5. The summed E-state index contributed by atoms with van der Waals surface area (Å²) in [6.07, 6.45) is 0. The molecule has 0 saturated heterocycles. The van der Waals surface area contributed by atoms with E-state index in [2.05, 4.69) is 10.6 Å². The van der Waals surface area contributed by atoms with E-state index in [1.807, 2.05) is 30.3 Å². The van der Waals surface area contributed by atoms with Crippen LogP contribution in [0.25, 0.3) is 0 Å². The van der Waals surface area contributed by atoms with Crippen molar-refractivity contribution in [1.29, 1.82) is 0 Å². The molecule has 5 nitrogen and oxygen atoms in total. The number of carbonyl (C=O) groups is 2. The molecular weight excluding hydrogens is 443 g/mol. The zero-order valence-corrected chi connectivity index (χ0v) is 18.1. The Morgan fingerprint density at radius 3 is 2.30 bits per heavy atom. The van der Waals surface area contributed by atoms with E-state index in [0.717, 1.165) is 4.90 Å². The fourth-order valence-electron chi connectivity index (χ4n) is 2.45. The minimum atomic E-state index is -0.265. The Bertz CT molecular complexity index is 1030. The van der Waals surface area contributed by atoms with Gasteiger partial charge in [-0.2, -0.15) is 0 Å². The smallest absolute Gasteiger partial charge is 0.262 e. The Balaban J connectivity index is 1.48. The van der Waals surface area contributed by atoms with Crippen molar-refractivity contribution < 1.29 is 14.3 Å². The number of hydrogen-bond donors (Lipinski definition) is 2. The minimum Gasteiger partial charge on any atom is -0.484 e. The maximum absolute atomic E-state index is 12.2. The summed E-state index contributed by atoms with van der Waals surface area (Å²) in [6, 6.07) is 21.3. The van der Waals surface area contributed by atoms with Gasteiger partial charge >= 0.3 is 0 Å². The number of para-hydroxylation sites is 1. The van der Waals surface area contributed by atoms with Gasteiger partial charge in [-0.15, -0.1) is 11.8 Å². The van der Waals surface area contributed by atoms with Crippen LogP contribution in [0, 0.1) is 0 Å². The number of nitrogens with one attached hydrogen (secondary N) is 2. The molecule has 3 aromatic carbocycles. The Labute approximate surface area is 188 Å². The van der Waals surface area contributed by atoms with Crippen molar-refractivity contribution in [3.05, 3.63) is 82.8 Å². The van der Waals surface area contributed by atoms with E-state index < -0.39 is 0 Å². The van der Waals surface area contributed by atoms with E-state index in [1.165, 1.54) is 11.8 Å². The van der Waals surface area contributed by atoms with Gasteiger partial charge in [0.15, 0.2) is 6.61 Å². The molecule has 8 heteroatoms. The summed E-state index contributed by atoms with van der Waals surface area (Å²) in [6.45, 7) is -0.0898. The van der Waals surface area contributed by atoms with Crippen LogP contribution in [0.2, 0.25) is 10.0 Å². The summed E-state index contributed by atoms with van der Waals surface area (Å²) in [4.78, 5) is 25.1. The lowest BCUT2D eigenvalue weighted by atomic mass is 10.3. The summed E-state index contributed by atoms with van der Waals surface area (Å²) < 4.78 is 5.43. The second-order valence-electron chi connectivity index (χ2n) is 6.14. The Morgan fingerprint density at radius 1 is 0.800 bits per heavy atom. The molecule has 0 aliphatic carbocycles. The highest BCUT2D eigenvalue weighted by Gasteiger charge is 2.08. The molecule has 0 aromatic heterocycles. The Hall–Kier alpha value is -2.67. The van der Waals surface area contributed by atoms with Gasteiger partial charge in [0.1, 0.15) is 5.75 Å². The maximum Gasteiger partial charge on any atom is 0.262 e. The van der Waals surface area contributed by atoms with Crippen LogP contribution in [-0.4, -0.2) is 24.2 Å². The molecule has 0 atom stereocenters. The van der Waals surface area contributed by atoms with Gasteiger partial charge in [-0.3, -0.25) is 9.59 Å². The monoisotopic (exact) mass is 460 g/mol. The van der Waals surface area contributed by atoms with Gasteiger partial charge in [-0.1, -0.05) is 47.5 Å². The first kappa shape index (κ1) is 22.0. The first-order valence-electron chi connectivity index (χ1n) is 8.95. The fourth-order valence-corrected chi connectivity index (χ4v) is 3.50. The number of amides is 2. The van der Waals surface area contributed by atoms with Gasteiger partial charge < -0.3 is 15.4 Å². The van der Waals surface area contributed by atoms with Gasteiger partial charge in [-0.05, 0) is 48.5 Å². The summed E-state index contributed by atoms with van der Waals surface area (Å²) >= 11 is 13.2. The fraction of sp³-hybridized carbons (Fsp3) is 0.0909. The zero-order valence-electron chi connectivity index (χ0n) is 15.7. The number of carbonyl (C=O) groups excluding carboxylic acids is 2. The standard InChI is InChI=1S/C22H18Cl2N2O3S/c23-19-10-9-16(12-20(19)24)26-22(28)14-30-18-8-4-5-15(11-18)25-21(27)13-29-17-6-2-1-3-7-17/h1-12H,13-14H2,(H,25,27)(H,26,28). The zero-order chi connectivity index (χ0) is 21.3. The van der Waals surface area contributed by atoms with Crippen LogP contribution in [0.4, 0.5) is 11.4 Å². The molecule has 0 saturated carbocycles. The van der Waals surface area contributed by atoms with Crippen LogP contribution in [0.1, 0.15) is 0 Å². The average molecular weight is 461 g/mol. The molecule has 0 aliphatic heterocycles. The van der Waals surface area contributed by atoms with Crippen molar-refractivity contribution in [2.45, 2.75) is 4.90 Å². The first-order valence-corrected chi connectivity index (χ1v) is 10.7. The predicted octanol–water partition coefficient (Wildman–Crippen LogP) is 5.74. The van der Waals surface area contributed by atoms with Crippen LogP contribution in [0.5, 0.6) is 5.75 Å². The van der Waals surface area contributed by atoms with Crippen LogP contribution in [-0.2, 0) is 9.59 Å². The number of benzene rings is 3. The third-order valence-corrected chi connectivity index (χ3v) is 5.54. The summed E-state index contributed by atoms with van der Waals surface area (Å²) in [7, 11) is 0. The number of anilines is 2. The van der Waals surface area contributed by atoms with Gasteiger partial charge in [0.2, 0.25) is 5.91 Å². The molecule has 0 bridgehead atoms. The second kappa shape index (κ2) is 10.9. The predicted molar refractivity (Wildman–Crippen MR) is 123 cm³/mol. The van der Waals surface area contributed by atoms with Crippen molar-refractivity contribution in [2.75, 3.05) is 23.0 Å². The first-order chi connectivity index (χ1) is 14.5. The van der Waals surface area contributed by atoms with E-state index in [-0.39, 0.29) is 24.2 Å². The van der Waals surface area contributed by atoms with Crippen molar-refractivity contribution in [2.24, 2.45) is 0 Å². The molecule has 0 heterocycles. The van der Waals surface area contributed by atoms with Crippen LogP contribution >= 0.6 is 35.0 Å². The lowest BCUT2D eigenvalue weighted by molar-refractivity contribution is -0.118. The van der Waals surface area contributed by atoms with E-state index in [1.54, 1.807) is 42.5 Å². The van der Waals surface area contributed by atoms with Gasteiger partial charge in [0, 0.05) is 16.3 Å². The molecule has 2 N–H and O–H groups in total. The molecule has 0 aliphatic rings. The normalized spacial score (nSPS) is 10.3. The van der Waals surface area contributed by atoms with Gasteiger partial charge in [0.05, 0.1) is 15.8 Å². The number of rotatable bonds is 8. The number of thioether (sulfide) groups is 1. The second-order valence-corrected chi connectivity index (χ2v) is 8.01. The number of ether oxygens (including phenoxy) is 1. The van der Waals surface area contributed by atoms with Crippen LogP contribution in [0.3, 0.4) is 0 Å². The number of hydrogen-bond acceptors (Lipinski definition) is 4. The summed E-state index contributed by atoms with van der Waals surface area (Å²) in [5.74, 6) is 0.391. The summed E-state index contributed by atoms with van der Waals surface area (Å²) in [5, 5.41) is 6.36. The molecular formula is C22H18Cl2N2O3S. The molecule has 30 heavy (non-hydrogen) atoms. The van der Waals surface area contributed by atoms with E-state index >= 15 is 0 Å². The van der Waals surface area contributed by atoms with Crippen molar-refractivity contribution in [3.63, 3.8) is 0 Å². The topological polar surface area (TPSA) is 67.4 Å². The molecule has 2 amide bonds. The van der Waals surface area contributed by atoms with E-state index in [0.29, 0.717) is 27.2 Å². The quantitative estimate of drug-likeness (QED) is 0.420. The molecule has 0 fully saturated rings. The highest BCUT2D eigenvalue weighted by molar-refractivity contribution is 8.00. The molecule has 3 aromatic rings. The van der Waals surface area contributed by atoms with Crippen molar-refractivity contribution in [1.82, 2.24) is 0 Å². The highest BCUT2D eigenvalue weighted by Crippen LogP contribution is 2.26. The largest absolute Gasteiger partial charge is 0.484 e. The Kier molecular flexibility index (Phi) is 8.02.